The van der Waals surface area contributed by atoms with Crippen molar-refractivity contribution in [2.75, 3.05) is 30.9 Å². The van der Waals surface area contributed by atoms with E-state index in [1.165, 1.54) is 18.9 Å². The molecule has 2 aromatic heterocycles. The number of pyridine rings is 1. The molecule has 8 nitrogen and oxygen atoms in total. The second-order valence-corrected chi connectivity index (χ2v) is 9.21. The zero-order valence-electron chi connectivity index (χ0n) is 18.7. The number of fused-ring (bicyclic) bond motifs is 1. The van der Waals surface area contributed by atoms with Crippen molar-refractivity contribution < 1.29 is 13.9 Å². The monoisotopic (exact) mass is 478 g/mol. The minimum absolute atomic E-state index is 0.0852. The van der Waals surface area contributed by atoms with E-state index in [-0.39, 0.29) is 23.4 Å². The molecule has 0 bridgehead atoms. The lowest BCUT2D eigenvalue weighted by Gasteiger charge is -2.34. The van der Waals surface area contributed by atoms with Crippen LogP contribution in [0.1, 0.15) is 21.7 Å². The summed E-state index contributed by atoms with van der Waals surface area (Å²) in [5.74, 6) is 0.330. The molecule has 0 unspecified atom stereocenters. The second-order valence-electron chi connectivity index (χ2n) is 8.20. The summed E-state index contributed by atoms with van der Waals surface area (Å²) in [6.45, 7) is 2.64. The van der Waals surface area contributed by atoms with E-state index in [9.17, 15) is 9.18 Å². The Balaban J connectivity index is 1.51. The molecular weight excluding hydrogens is 455 g/mol. The molecule has 1 fully saturated rings. The molecule has 1 N–H and O–H groups in total. The summed E-state index contributed by atoms with van der Waals surface area (Å²) in [4.78, 5) is 33.1. The average Bonchev–Trinajstić information content (AvgIpc) is 3.27. The van der Waals surface area contributed by atoms with E-state index in [0.717, 1.165) is 11.4 Å². The number of aromatic nitrogens is 3. The van der Waals surface area contributed by atoms with Crippen molar-refractivity contribution in [1.29, 1.82) is 0 Å². The van der Waals surface area contributed by atoms with Gasteiger partial charge in [0, 0.05) is 30.0 Å². The number of benzene rings is 1. The largest absolute Gasteiger partial charge is 0.479 e. The Labute approximate surface area is 200 Å². The molecule has 1 saturated heterocycles. The van der Waals surface area contributed by atoms with Crippen molar-refractivity contribution in [2.24, 2.45) is 10.9 Å². The SMILES string of the molecule is COc1nc(N2C[C@H]3CSC(NC(=O)c4ccccc4)=N[C@@]3(c3ccccn3)C2)nc(C)c1F. The van der Waals surface area contributed by atoms with Crippen LogP contribution in [0.3, 0.4) is 0 Å². The fraction of sp³-hybridized carbons (Fsp3) is 0.292. The molecule has 10 heteroatoms. The number of nitrogens with zero attached hydrogens (tertiary/aromatic N) is 5. The molecule has 34 heavy (non-hydrogen) atoms. The number of rotatable bonds is 4. The van der Waals surface area contributed by atoms with Crippen LogP contribution in [-0.4, -0.2) is 52.0 Å². The second kappa shape index (κ2) is 9.02. The summed E-state index contributed by atoms with van der Waals surface area (Å²) in [6.07, 6.45) is 1.74. The lowest BCUT2D eigenvalue weighted by Crippen LogP contribution is -2.43. The fourth-order valence-corrected chi connectivity index (χ4v) is 5.48. The van der Waals surface area contributed by atoms with Crippen molar-refractivity contribution in [1.82, 2.24) is 20.3 Å². The number of thioether (sulfide) groups is 1. The Hall–Kier alpha value is -3.53. The van der Waals surface area contributed by atoms with Gasteiger partial charge in [-0.1, -0.05) is 36.0 Å². The number of carbonyl (C=O) groups is 1. The van der Waals surface area contributed by atoms with E-state index in [2.05, 4.69) is 20.3 Å². The highest BCUT2D eigenvalue weighted by Gasteiger charge is 2.52. The number of carbonyl (C=O) groups excluding carboxylic acids is 1. The third kappa shape index (κ3) is 3.98. The lowest BCUT2D eigenvalue weighted by molar-refractivity contribution is 0.0977. The standard InChI is InChI=1S/C24H23FN6O2S/c1-15-19(25)21(33-2)29-22(27-15)31-12-17-13-34-23(28-20(32)16-8-4-3-5-9-16)30-24(17,14-31)18-10-6-7-11-26-18/h3-11,17H,12-14H2,1-2H3,(H,28,30,32)/t17-,24-/m0/s1. The van der Waals surface area contributed by atoms with Gasteiger partial charge in [-0.3, -0.25) is 9.78 Å². The third-order valence-corrected chi connectivity index (χ3v) is 7.12. The Morgan fingerprint density at radius 2 is 2.00 bits per heavy atom. The van der Waals surface area contributed by atoms with Crippen LogP contribution in [0.2, 0.25) is 0 Å². The molecule has 0 aliphatic carbocycles. The summed E-state index contributed by atoms with van der Waals surface area (Å²) in [7, 11) is 1.39. The molecule has 4 heterocycles. The van der Waals surface area contributed by atoms with Gasteiger partial charge in [0.2, 0.25) is 11.8 Å². The highest BCUT2D eigenvalue weighted by molar-refractivity contribution is 8.13. The highest BCUT2D eigenvalue weighted by Crippen LogP contribution is 2.45. The van der Waals surface area contributed by atoms with Crippen molar-refractivity contribution in [3.05, 3.63) is 77.5 Å². The molecule has 5 rings (SSSR count). The van der Waals surface area contributed by atoms with Crippen LogP contribution in [0.25, 0.3) is 0 Å². The minimum Gasteiger partial charge on any atom is -0.479 e. The van der Waals surface area contributed by atoms with Crippen molar-refractivity contribution in [3.63, 3.8) is 0 Å². The van der Waals surface area contributed by atoms with Crippen LogP contribution >= 0.6 is 11.8 Å². The van der Waals surface area contributed by atoms with Gasteiger partial charge in [-0.05, 0) is 31.2 Å². The van der Waals surface area contributed by atoms with Gasteiger partial charge in [-0.2, -0.15) is 9.37 Å². The molecule has 1 amide bonds. The quantitative estimate of drug-likeness (QED) is 0.616. The van der Waals surface area contributed by atoms with Crippen LogP contribution in [0.15, 0.2) is 59.7 Å². The first kappa shape index (κ1) is 22.3. The summed E-state index contributed by atoms with van der Waals surface area (Å²) in [6, 6.07) is 14.8. The molecular formula is C24H23FN6O2S. The van der Waals surface area contributed by atoms with Crippen molar-refractivity contribution >= 4 is 28.8 Å². The maximum absolute atomic E-state index is 14.3. The number of halogens is 1. The number of aliphatic imine (C=N–C) groups is 1. The number of amidine groups is 1. The van der Waals surface area contributed by atoms with Crippen molar-refractivity contribution in [3.8, 4) is 5.88 Å². The van der Waals surface area contributed by atoms with Gasteiger partial charge in [-0.25, -0.2) is 9.98 Å². The number of hydrogen-bond acceptors (Lipinski definition) is 8. The Morgan fingerprint density at radius 1 is 1.21 bits per heavy atom. The normalized spacial score (nSPS) is 21.6. The summed E-state index contributed by atoms with van der Waals surface area (Å²) in [5.41, 5.74) is 0.887. The number of anilines is 1. The maximum Gasteiger partial charge on any atom is 0.257 e. The van der Waals surface area contributed by atoms with E-state index in [0.29, 0.717) is 29.8 Å². The van der Waals surface area contributed by atoms with E-state index < -0.39 is 11.4 Å². The molecule has 0 saturated carbocycles. The molecule has 2 atom stereocenters. The number of ether oxygens (including phenoxy) is 1. The molecule has 174 valence electrons. The zero-order valence-corrected chi connectivity index (χ0v) is 19.6. The summed E-state index contributed by atoms with van der Waals surface area (Å²) < 4.78 is 19.4. The van der Waals surface area contributed by atoms with Crippen LogP contribution in [0.4, 0.5) is 10.3 Å². The zero-order chi connectivity index (χ0) is 23.7. The molecule has 3 aromatic rings. The van der Waals surface area contributed by atoms with E-state index in [1.54, 1.807) is 25.3 Å². The molecule has 2 aliphatic heterocycles. The number of aryl methyl sites for hydroxylation is 1. The number of hydrogen-bond donors (Lipinski definition) is 1. The smallest absolute Gasteiger partial charge is 0.257 e. The van der Waals surface area contributed by atoms with Gasteiger partial charge in [0.1, 0.15) is 5.54 Å². The third-order valence-electron chi connectivity index (χ3n) is 6.09. The van der Waals surface area contributed by atoms with E-state index in [4.69, 9.17) is 9.73 Å². The van der Waals surface area contributed by atoms with Gasteiger partial charge in [0.05, 0.1) is 25.0 Å². The molecule has 2 aliphatic rings. The number of methoxy groups -OCH3 is 1. The van der Waals surface area contributed by atoms with Gasteiger partial charge in [-0.15, -0.1) is 0 Å². The van der Waals surface area contributed by atoms with E-state index >= 15 is 0 Å². The average molecular weight is 479 g/mol. The van der Waals surface area contributed by atoms with Gasteiger partial charge in [0.25, 0.3) is 11.8 Å². The Morgan fingerprint density at radius 3 is 2.74 bits per heavy atom. The van der Waals surface area contributed by atoms with Crippen molar-refractivity contribution in [2.45, 2.75) is 12.5 Å². The first-order valence-corrected chi connectivity index (χ1v) is 11.8. The Kier molecular flexibility index (Phi) is 5.91. The van der Waals surface area contributed by atoms with Crippen LogP contribution < -0.4 is 15.0 Å². The topological polar surface area (TPSA) is 92.6 Å². The number of amides is 1. The van der Waals surface area contributed by atoms with Gasteiger partial charge < -0.3 is 15.0 Å². The maximum atomic E-state index is 14.3. The Bertz CT molecular complexity index is 1240. The predicted octanol–water partition coefficient (Wildman–Crippen LogP) is 3.19. The fourth-order valence-electron chi connectivity index (χ4n) is 4.35. The molecule has 0 radical (unpaired) electrons. The predicted molar refractivity (Wildman–Crippen MR) is 129 cm³/mol. The first-order chi connectivity index (χ1) is 16.5. The van der Waals surface area contributed by atoms with Crippen LogP contribution in [-0.2, 0) is 5.54 Å². The van der Waals surface area contributed by atoms with Crippen LogP contribution in [0.5, 0.6) is 5.88 Å². The number of nitrogens with one attached hydrogen (secondary N) is 1. The van der Waals surface area contributed by atoms with E-state index in [1.807, 2.05) is 41.3 Å². The van der Waals surface area contributed by atoms with Gasteiger partial charge >= 0.3 is 0 Å². The lowest BCUT2D eigenvalue weighted by atomic mass is 9.85. The summed E-state index contributed by atoms with van der Waals surface area (Å²) in [5, 5.41) is 3.51. The van der Waals surface area contributed by atoms with Gasteiger partial charge in [0.15, 0.2) is 5.17 Å². The minimum atomic E-state index is -0.704. The molecule has 1 aromatic carbocycles. The first-order valence-electron chi connectivity index (χ1n) is 10.8. The molecule has 0 spiro atoms. The summed E-state index contributed by atoms with van der Waals surface area (Å²) >= 11 is 1.50. The van der Waals surface area contributed by atoms with Crippen LogP contribution in [0, 0.1) is 18.7 Å². The highest BCUT2D eigenvalue weighted by atomic mass is 32.2.